The lowest BCUT2D eigenvalue weighted by atomic mass is 9.83. The van der Waals surface area contributed by atoms with Crippen LogP contribution < -0.4 is 5.32 Å². The number of nitrogens with one attached hydrogen (secondary N) is 1. The number of Topliss-reactive ketones (excluding diaryl/α,β-unsaturated/α-hetero) is 1. The topological polar surface area (TPSA) is 46.2 Å². The van der Waals surface area contributed by atoms with Crippen molar-refractivity contribution in [1.29, 1.82) is 0 Å². The first-order valence-corrected chi connectivity index (χ1v) is 7.54. The van der Waals surface area contributed by atoms with Crippen molar-refractivity contribution in [3.63, 3.8) is 0 Å². The van der Waals surface area contributed by atoms with Crippen molar-refractivity contribution in [3.05, 3.63) is 0 Å². The van der Waals surface area contributed by atoms with E-state index in [1.54, 1.807) is 13.8 Å². The van der Waals surface area contributed by atoms with Crippen LogP contribution in [0.5, 0.6) is 0 Å². The van der Waals surface area contributed by atoms with E-state index < -0.39 is 18.1 Å². The summed E-state index contributed by atoms with van der Waals surface area (Å²) in [6.45, 7) is 12.8. The molecule has 0 spiro atoms. The van der Waals surface area contributed by atoms with E-state index in [1.807, 2.05) is 34.6 Å². The summed E-state index contributed by atoms with van der Waals surface area (Å²) in [5.74, 6) is -0.438. The average molecular weight is 287 g/mol. The van der Waals surface area contributed by atoms with Gasteiger partial charge in [0.2, 0.25) is 5.91 Å². The smallest absolute Gasteiger partial charge is 0.224 e. The molecule has 1 N–H and O–H groups in total. The molecule has 3 nitrogen and oxygen atoms in total. The van der Waals surface area contributed by atoms with Gasteiger partial charge in [0.25, 0.3) is 0 Å². The van der Waals surface area contributed by atoms with Gasteiger partial charge in [0, 0.05) is 17.8 Å². The van der Waals surface area contributed by atoms with Crippen molar-refractivity contribution in [3.8, 4) is 0 Å². The fourth-order valence-electron chi connectivity index (χ4n) is 2.19. The summed E-state index contributed by atoms with van der Waals surface area (Å²) in [6, 6.07) is -0.487. The number of carbonyl (C=O) groups excluding carboxylic acids is 2. The zero-order chi connectivity index (χ0) is 16.1. The van der Waals surface area contributed by atoms with Crippen molar-refractivity contribution in [2.24, 2.45) is 16.7 Å². The van der Waals surface area contributed by atoms with Gasteiger partial charge in [-0.05, 0) is 11.8 Å². The SMILES string of the molecule is CC.CCC(=O)C(NC(=O)C1CC1(C)CF)C(C)(C)C. The molecule has 0 saturated heterocycles. The molecule has 3 atom stereocenters. The molecular weight excluding hydrogens is 257 g/mol. The van der Waals surface area contributed by atoms with E-state index in [-0.39, 0.29) is 23.0 Å². The number of rotatable bonds is 5. The largest absolute Gasteiger partial charge is 0.346 e. The molecule has 20 heavy (non-hydrogen) atoms. The second kappa shape index (κ2) is 7.19. The number of halogens is 1. The van der Waals surface area contributed by atoms with Gasteiger partial charge in [-0.3, -0.25) is 14.0 Å². The molecule has 0 aliphatic heterocycles. The minimum absolute atomic E-state index is 0.0263. The molecule has 1 fully saturated rings. The Hall–Kier alpha value is -0.930. The maximum absolute atomic E-state index is 12.7. The average Bonchev–Trinajstić information content (AvgIpc) is 3.09. The molecule has 0 heterocycles. The van der Waals surface area contributed by atoms with Gasteiger partial charge in [-0.15, -0.1) is 0 Å². The number of hydrogen-bond donors (Lipinski definition) is 1. The molecule has 4 heteroatoms. The Morgan fingerprint density at radius 1 is 1.35 bits per heavy atom. The lowest BCUT2D eigenvalue weighted by molar-refractivity contribution is -0.131. The van der Waals surface area contributed by atoms with E-state index in [0.717, 1.165) is 0 Å². The Labute approximate surface area is 122 Å². The highest BCUT2D eigenvalue weighted by Gasteiger charge is 2.55. The summed E-state index contributed by atoms with van der Waals surface area (Å²) in [5.41, 5.74) is -0.828. The van der Waals surface area contributed by atoms with Crippen molar-refractivity contribution >= 4 is 11.7 Å². The molecule has 0 aromatic carbocycles. The summed E-state index contributed by atoms with van der Waals surface area (Å²) >= 11 is 0. The Kier molecular flexibility index (Phi) is 6.85. The van der Waals surface area contributed by atoms with Crippen LogP contribution in [0.2, 0.25) is 0 Å². The van der Waals surface area contributed by atoms with E-state index in [2.05, 4.69) is 5.32 Å². The van der Waals surface area contributed by atoms with Crippen LogP contribution in [0, 0.1) is 16.7 Å². The van der Waals surface area contributed by atoms with Crippen LogP contribution >= 0.6 is 0 Å². The number of hydrogen-bond acceptors (Lipinski definition) is 2. The summed E-state index contributed by atoms with van der Waals surface area (Å²) < 4.78 is 12.7. The summed E-state index contributed by atoms with van der Waals surface area (Å²) in [6.07, 6.45) is 0.972. The van der Waals surface area contributed by atoms with E-state index >= 15 is 0 Å². The van der Waals surface area contributed by atoms with Crippen LogP contribution in [-0.4, -0.2) is 24.4 Å². The van der Waals surface area contributed by atoms with Crippen LogP contribution in [0.15, 0.2) is 0 Å². The number of ketones is 1. The predicted molar refractivity (Wildman–Crippen MR) is 80.2 cm³/mol. The fourth-order valence-corrected chi connectivity index (χ4v) is 2.19. The highest BCUT2D eigenvalue weighted by molar-refractivity contribution is 5.91. The Morgan fingerprint density at radius 2 is 1.85 bits per heavy atom. The zero-order valence-corrected chi connectivity index (χ0v) is 14.0. The zero-order valence-electron chi connectivity index (χ0n) is 14.0. The Balaban J connectivity index is 0.00000172. The van der Waals surface area contributed by atoms with Gasteiger partial charge in [0.1, 0.15) is 0 Å². The monoisotopic (exact) mass is 287 g/mol. The van der Waals surface area contributed by atoms with Crippen molar-refractivity contribution < 1.29 is 14.0 Å². The molecule has 3 unspecified atom stereocenters. The Bertz CT molecular complexity index is 349. The summed E-state index contributed by atoms with van der Waals surface area (Å²) in [4.78, 5) is 23.9. The first kappa shape index (κ1) is 19.1. The molecule has 118 valence electrons. The van der Waals surface area contributed by atoms with Crippen LogP contribution in [0.25, 0.3) is 0 Å². The quantitative estimate of drug-likeness (QED) is 0.841. The lowest BCUT2D eigenvalue weighted by Crippen LogP contribution is -2.49. The molecule has 1 rings (SSSR count). The van der Waals surface area contributed by atoms with E-state index in [4.69, 9.17) is 0 Å². The maximum atomic E-state index is 12.7. The maximum Gasteiger partial charge on any atom is 0.224 e. The van der Waals surface area contributed by atoms with Crippen molar-refractivity contribution in [1.82, 2.24) is 5.32 Å². The number of amides is 1. The van der Waals surface area contributed by atoms with Crippen LogP contribution in [0.1, 0.15) is 61.3 Å². The molecule has 0 aromatic heterocycles. The molecule has 1 aliphatic rings. The van der Waals surface area contributed by atoms with E-state index in [1.165, 1.54) is 0 Å². The molecule has 1 saturated carbocycles. The van der Waals surface area contributed by atoms with Gasteiger partial charge in [0.15, 0.2) is 5.78 Å². The molecular formula is C16H30FNO2. The lowest BCUT2D eigenvalue weighted by Gasteiger charge is -2.30. The second-order valence-corrected chi connectivity index (χ2v) is 6.67. The minimum Gasteiger partial charge on any atom is -0.346 e. The highest BCUT2D eigenvalue weighted by atomic mass is 19.1. The van der Waals surface area contributed by atoms with Gasteiger partial charge >= 0.3 is 0 Å². The third-order valence-corrected chi connectivity index (χ3v) is 3.80. The molecule has 1 amide bonds. The second-order valence-electron chi connectivity index (χ2n) is 6.67. The minimum atomic E-state index is -0.512. The summed E-state index contributed by atoms with van der Waals surface area (Å²) in [7, 11) is 0. The number of alkyl halides is 1. The Morgan fingerprint density at radius 3 is 2.15 bits per heavy atom. The van der Waals surface area contributed by atoms with Gasteiger partial charge in [-0.2, -0.15) is 0 Å². The number of carbonyl (C=O) groups is 2. The van der Waals surface area contributed by atoms with Crippen LogP contribution in [-0.2, 0) is 9.59 Å². The molecule has 0 radical (unpaired) electrons. The first-order chi connectivity index (χ1) is 9.15. The molecule has 0 aromatic rings. The standard InChI is InChI=1S/C14H24FNO2.C2H6/c1-6-10(17)11(13(2,3)4)16-12(18)9-7-14(9,5)8-15;1-2/h9,11H,6-8H2,1-5H3,(H,16,18);1-2H3. The van der Waals surface area contributed by atoms with Crippen LogP contribution in [0.4, 0.5) is 4.39 Å². The van der Waals surface area contributed by atoms with Gasteiger partial charge in [-0.1, -0.05) is 48.5 Å². The van der Waals surface area contributed by atoms with E-state index in [9.17, 15) is 14.0 Å². The third-order valence-electron chi connectivity index (χ3n) is 3.80. The molecule has 0 bridgehead atoms. The van der Waals surface area contributed by atoms with E-state index in [0.29, 0.717) is 12.8 Å². The van der Waals surface area contributed by atoms with Crippen molar-refractivity contribution in [2.45, 2.75) is 67.3 Å². The fraction of sp³-hybridized carbons (Fsp3) is 0.875. The molecule has 1 aliphatic carbocycles. The third kappa shape index (κ3) is 4.57. The predicted octanol–water partition coefficient (Wildman–Crippen LogP) is 3.52. The normalized spacial score (nSPS) is 26.1. The van der Waals surface area contributed by atoms with Crippen LogP contribution in [0.3, 0.4) is 0 Å². The van der Waals surface area contributed by atoms with Crippen molar-refractivity contribution in [2.75, 3.05) is 6.67 Å². The van der Waals surface area contributed by atoms with Gasteiger partial charge < -0.3 is 5.32 Å². The highest BCUT2D eigenvalue weighted by Crippen LogP contribution is 2.52. The first-order valence-electron chi connectivity index (χ1n) is 7.54. The van der Waals surface area contributed by atoms with Gasteiger partial charge in [-0.25, -0.2) is 0 Å². The van der Waals surface area contributed by atoms with Gasteiger partial charge in [0.05, 0.1) is 12.7 Å². The summed E-state index contributed by atoms with van der Waals surface area (Å²) in [5, 5.41) is 2.80.